The number of epoxide rings is 1. The monoisotopic (exact) mass is 429 g/mol. The maximum atomic E-state index is 13.1. The molecule has 2 saturated heterocycles. The van der Waals surface area contributed by atoms with Gasteiger partial charge in [0.25, 0.3) is 0 Å². The van der Waals surface area contributed by atoms with E-state index in [-0.39, 0.29) is 17.6 Å². The standard InChI is InChI=1S/C23H31N3O3S/c1-16(2)15-26-13-11-19(12-14-26)30(27,28)18-9-7-17(8-10-18)22-23(29-22)25-21-6-4-3-5-20(21)24/h3-10,16,19,22-23,25H,11-15,24H2,1-2H3. The molecule has 2 fully saturated rings. The lowest BCUT2D eigenvalue weighted by Gasteiger charge is -2.32. The molecule has 0 aliphatic carbocycles. The van der Waals surface area contributed by atoms with Gasteiger partial charge in [0.1, 0.15) is 6.10 Å². The lowest BCUT2D eigenvalue weighted by Crippen LogP contribution is -2.40. The van der Waals surface area contributed by atoms with Gasteiger partial charge < -0.3 is 20.7 Å². The van der Waals surface area contributed by atoms with E-state index in [1.807, 2.05) is 36.4 Å². The van der Waals surface area contributed by atoms with E-state index in [4.69, 9.17) is 10.5 Å². The smallest absolute Gasteiger partial charge is 0.181 e. The molecule has 2 aliphatic rings. The number of likely N-dealkylation sites (tertiary alicyclic amines) is 1. The van der Waals surface area contributed by atoms with Gasteiger partial charge >= 0.3 is 0 Å². The van der Waals surface area contributed by atoms with Crippen molar-refractivity contribution in [3.63, 3.8) is 0 Å². The summed E-state index contributed by atoms with van der Waals surface area (Å²) in [5.74, 6) is 0.604. The highest BCUT2D eigenvalue weighted by atomic mass is 32.2. The number of para-hydroxylation sites is 2. The van der Waals surface area contributed by atoms with Crippen LogP contribution < -0.4 is 11.1 Å². The number of sulfone groups is 1. The van der Waals surface area contributed by atoms with E-state index in [0.29, 0.717) is 29.3 Å². The average molecular weight is 430 g/mol. The quantitative estimate of drug-likeness (QED) is 0.516. The summed E-state index contributed by atoms with van der Waals surface area (Å²) in [5, 5.41) is 2.98. The van der Waals surface area contributed by atoms with Crippen molar-refractivity contribution < 1.29 is 13.2 Å². The number of nitrogen functional groups attached to an aromatic ring is 1. The average Bonchev–Trinajstić information content (AvgIpc) is 3.49. The molecule has 2 atom stereocenters. The molecule has 2 heterocycles. The van der Waals surface area contributed by atoms with Crippen LogP contribution in [0.3, 0.4) is 0 Å². The fourth-order valence-electron chi connectivity index (χ4n) is 4.22. The van der Waals surface area contributed by atoms with Gasteiger partial charge in [-0.15, -0.1) is 0 Å². The number of hydrogen-bond donors (Lipinski definition) is 2. The third-order valence-electron chi connectivity index (χ3n) is 5.88. The lowest BCUT2D eigenvalue weighted by molar-refractivity contribution is 0.207. The summed E-state index contributed by atoms with van der Waals surface area (Å²) >= 11 is 0. The second-order valence-corrected chi connectivity index (χ2v) is 10.9. The zero-order chi connectivity index (χ0) is 21.3. The largest absolute Gasteiger partial charge is 0.397 e. The van der Waals surface area contributed by atoms with E-state index in [2.05, 4.69) is 24.1 Å². The van der Waals surface area contributed by atoms with Crippen molar-refractivity contribution in [2.24, 2.45) is 5.92 Å². The molecule has 0 saturated carbocycles. The first-order valence-corrected chi connectivity index (χ1v) is 12.2. The van der Waals surface area contributed by atoms with E-state index in [0.717, 1.165) is 30.9 Å². The number of hydrogen-bond acceptors (Lipinski definition) is 6. The lowest BCUT2D eigenvalue weighted by atomic mass is 10.1. The van der Waals surface area contributed by atoms with E-state index in [9.17, 15) is 8.42 Å². The van der Waals surface area contributed by atoms with Gasteiger partial charge in [0.15, 0.2) is 16.1 Å². The predicted octanol–water partition coefficient (Wildman–Crippen LogP) is 3.67. The van der Waals surface area contributed by atoms with Crippen molar-refractivity contribution in [3.05, 3.63) is 54.1 Å². The molecule has 0 bridgehead atoms. The van der Waals surface area contributed by atoms with Crippen LogP contribution in [0.5, 0.6) is 0 Å². The van der Waals surface area contributed by atoms with Gasteiger partial charge in [-0.1, -0.05) is 38.1 Å². The topological polar surface area (TPSA) is 88.0 Å². The van der Waals surface area contributed by atoms with Crippen LogP contribution in [0.2, 0.25) is 0 Å². The maximum Gasteiger partial charge on any atom is 0.181 e. The summed E-state index contributed by atoms with van der Waals surface area (Å²) in [5.41, 5.74) is 8.44. The van der Waals surface area contributed by atoms with E-state index >= 15 is 0 Å². The zero-order valence-electron chi connectivity index (χ0n) is 17.6. The summed E-state index contributed by atoms with van der Waals surface area (Å²) in [6, 6.07) is 14.7. The normalized spacial score (nSPS) is 22.9. The number of nitrogens with one attached hydrogen (secondary N) is 1. The molecule has 0 spiro atoms. The second-order valence-electron chi connectivity index (χ2n) is 8.72. The fraction of sp³-hybridized carbons (Fsp3) is 0.478. The van der Waals surface area contributed by atoms with E-state index in [1.165, 1.54) is 0 Å². The molecule has 2 aromatic rings. The molecule has 3 N–H and O–H groups in total. The predicted molar refractivity (Wildman–Crippen MR) is 120 cm³/mol. The molecule has 0 amide bonds. The third-order valence-corrected chi connectivity index (χ3v) is 8.16. The highest BCUT2D eigenvalue weighted by molar-refractivity contribution is 7.92. The van der Waals surface area contributed by atoms with Crippen molar-refractivity contribution >= 4 is 21.2 Å². The van der Waals surface area contributed by atoms with Crippen LogP contribution in [-0.2, 0) is 14.6 Å². The zero-order valence-corrected chi connectivity index (χ0v) is 18.4. The molecular formula is C23H31N3O3S. The molecule has 162 valence electrons. The molecule has 0 radical (unpaired) electrons. The van der Waals surface area contributed by atoms with Crippen molar-refractivity contribution in [3.8, 4) is 0 Å². The Hall–Kier alpha value is -2.09. The fourth-order valence-corrected chi connectivity index (χ4v) is 5.95. The van der Waals surface area contributed by atoms with E-state index in [1.54, 1.807) is 12.1 Å². The molecule has 2 aliphatic heterocycles. The highest BCUT2D eigenvalue weighted by Gasteiger charge is 2.41. The Kier molecular flexibility index (Phi) is 6.04. The number of ether oxygens (including phenoxy) is 1. The van der Waals surface area contributed by atoms with Gasteiger partial charge in [0, 0.05) is 6.54 Å². The molecular weight excluding hydrogens is 398 g/mol. The minimum Gasteiger partial charge on any atom is -0.397 e. The van der Waals surface area contributed by atoms with Gasteiger partial charge in [0.2, 0.25) is 0 Å². The van der Waals surface area contributed by atoms with Gasteiger partial charge in [-0.05, 0) is 61.7 Å². The van der Waals surface area contributed by atoms with E-state index < -0.39 is 9.84 Å². The number of rotatable bonds is 7. The molecule has 2 unspecified atom stereocenters. The van der Waals surface area contributed by atoms with Crippen LogP contribution in [0, 0.1) is 5.92 Å². The molecule has 0 aromatic heterocycles. The SMILES string of the molecule is CC(C)CN1CCC(S(=O)(=O)c2ccc(C3OC3Nc3ccccc3N)cc2)CC1. The number of nitrogens with zero attached hydrogens (tertiary/aromatic N) is 1. The molecule has 30 heavy (non-hydrogen) atoms. The summed E-state index contributed by atoms with van der Waals surface area (Å²) in [6.45, 7) is 7.14. The second kappa shape index (κ2) is 8.57. The Morgan fingerprint density at radius 2 is 1.77 bits per heavy atom. The Morgan fingerprint density at radius 3 is 2.40 bits per heavy atom. The van der Waals surface area contributed by atoms with Crippen molar-refractivity contribution in [2.75, 3.05) is 30.7 Å². The Bertz CT molecular complexity index is 967. The van der Waals surface area contributed by atoms with Gasteiger partial charge in [-0.3, -0.25) is 0 Å². The summed E-state index contributed by atoms with van der Waals surface area (Å²) in [4.78, 5) is 2.78. The molecule has 6 nitrogen and oxygen atoms in total. The van der Waals surface area contributed by atoms with Crippen LogP contribution in [0.4, 0.5) is 11.4 Å². The summed E-state index contributed by atoms with van der Waals surface area (Å²) in [6.07, 6.45) is 1.16. The minimum atomic E-state index is -3.30. The van der Waals surface area contributed by atoms with Gasteiger partial charge in [0.05, 0.1) is 21.5 Å². The van der Waals surface area contributed by atoms with Crippen LogP contribution >= 0.6 is 0 Å². The summed E-state index contributed by atoms with van der Waals surface area (Å²) in [7, 11) is -3.30. The minimum absolute atomic E-state index is 0.0966. The highest BCUT2D eigenvalue weighted by Crippen LogP contribution is 2.40. The molecule has 2 aromatic carbocycles. The number of nitrogens with two attached hydrogens (primary N) is 1. The van der Waals surface area contributed by atoms with Crippen molar-refractivity contribution in [1.29, 1.82) is 0 Å². The third kappa shape index (κ3) is 4.63. The Morgan fingerprint density at radius 1 is 1.10 bits per heavy atom. The van der Waals surface area contributed by atoms with Crippen LogP contribution in [0.25, 0.3) is 0 Å². The first-order valence-electron chi connectivity index (χ1n) is 10.7. The first kappa shape index (κ1) is 21.2. The first-order chi connectivity index (χ1) is 14.3. The van der Waals surface area contributed by atoms with Gasteiger partial charge in [-0.2, -0.15) is 0 Å². The van der Waals surface area contributed by atoms with Gasteiger partial charge in [-0.25, -0.2) is 8.42 Å². The Labute approximate surface area is 179 Å². The maximum absolute atomic E-state index is 13.1. The number of benzene rings is 2. The van der Waals surface area contributed by atoms with Crippen molar-refractivity contribution in [1.82, 2.24) is 4.90 Å². The number of piperidine rings is 1. The Balaban J connectivity index is 1.36. The molecule has 4 rings (SSSR count). The number of anilines is 2. The van der Waals surface area contributed by atoms with Crippen LogP contribution in [-0.4, -0.2) is 44.4 Å². The summed E-state index contributed by atoms with van der Waals surface area (Å²) < 4.78 is 31.9. The molecule has 7 heteroatoms. The van der Waals surface area contributed by atoms with Crippen molar-refractivity contribution in [2.45, 2.75) is 49.2 Å². The van der Waals surface area contributed by atoms with Crippen LogP contribution in [0.1, 0.15) is 38.4 Å². The van der Waals surface area contributed by atoms with Crippen LogP contribution in [0.15, 0.2) is 53.4 Å².